The molecule has 1 aliphatic heterocycles. The van der Waals surface area contributed by atoms with Crippen LogP contribution in [-0.2, 0) is 16.4 Å². The summed E-state index contributed by atoms with van der Waals surface area (Å²) in [7, 11) is -3.89. The van der Waals surface area contributed by atoms with Gasteiger partial charge in [-0.1, -0.05) is 54.1 Å². The summed E-state index contributed by atoms with van der Waals surface area (Å²) < 4.78 is 27.3. The largest absolute Gasteiger partial charge is 0.331 e. The molecular weight excluding hydrogens is 432 g/mol. The molecule has 2 amide bonds. The quantitative estimate of drug-likeness (QED) is 0.595. The standard InChI is InChI=1S/C24H29ClN2O3S/c1-19(18-22-10-12-23(25)13-11-22)31(29,30)26-24(28)27-16-14-21(15-17-27)9-5-8-20-6-3-2-4-7-20/h2-4,6-7,10-13,18,21H,5,8-9,14-17H2,1H3,(H,26,28)/b19-18+. The highest BCUT2D eigenvalue weighted by Gasteiger charge is 2.26. The molecule has 3 rings (SSSR count). The summed E-state index contributed by atoms with van der Waals surface area (Å²) in [6.45, 7) is 2.64. The van der Waals surface area contributed by atoms with Crippen molar-refractivity contribution in [2.24, 2.45) is 5.92 Å². The maximum atomic E-state index is 12.5. The summed E-state index contributed by atoms with van der Waals surface area (Å²) in [6.07, 6.45) is 6.66. The number of allylic oxidation sites excluding steroid dienone is 1. The molecule has 1 fully saturated rings. The summed E-state index contributed by atoms with van der Waals surface area (Å²) in [5.74, 6) is 0.580. The van der Waals surface area contributed by atoms with Crippen LogP contribution in [0.4, 0.5) is 4.79 Å². The van der Waals surface area contributed by atoms with Gasteiger partial charge in [-0.15, -0.1) is 0 Å². The maximum absolute atomic E-state index is 12.5. The Labute approximate surface area is 190 Å². The molecule has 1 aliphatic rings. The molecule has 1 heterocycles. The number of amides is 2. The van der Waals surface area contributed by atoms with Crippen LogP contribution in [0, 0.1) is 5.92 Å². The number of carbonyl (C=O) groups is 1. The molecule has 166 valence electrons. The van der Waals surface area contributed by atoms with Gasteiger partial charge >= 0.3 is 6.03 Å². The Hall–Kier alpha value is -2.31. The second-order valence-corrected chi connectivity index (χ2v) is 10.3. The van der Waals surface area contributed by atoms with E-state index in [-0.39, 0.29) is 4.91 Å². The minimum absolute atomic E-state index is 0.0824. The van der Waals surface area contributed by atoms with Crippen molar-refractivity contribution in [1.29, 1.82) is 0 Å². The number of urea groups is 1. The molecule has 0 aliphatic carbocycles. The number of sulfonamides is 1. The van der Waals surface area contributed by atoms with Gasteiger partial charge in [0, 0.05) is 18.1 Å². The Balaban J connectivity index is 1.45. The molecule has 0 saturated carbocycles. The maximum Gasteiger partial charge on any atom is 0.331 e. The zero-order valence-corrected chi connectivity index (χ0v) is 19.3. The van der Waals surface area contributed by atoms with E-state index in [9.17, 15) is 13.2 Å². The summed E-state index contributed by atoms with van der Waals surface area (Å²) in [6, 6.07) is 16.7. The Kier molecular flexibility index (Phi) is 8.15. The number of nitrogens with zero attached hydrogens (tertiary/aromatic N) is 1. The lowest BCUT2D eigenvalue weighted by Gasteiger charge is -2.32. The van der Waals surface area contributed by atoms with Crippen LogP contribution in [0.25, 0.3) is 6.08 Å². The molecular formula is C24H29ClN2O3S. The zero-order chi connectivity index (χ0) is 22.3. The highest BCUT2D eigenvalue weighted by molar-refractivity contribution is 7.94. The van der Waals surface area contributed by atoms with Gasteiger partial charge in [-0.25, -0.2) is 17.9 Å². The first-order chi connectivity index (χ1) is 14.8. The molecule has 0 atom stereocenters. The van der Waals surface area contributed by atoms with Crippen LogP contribution in [0.1, 0.15) is 43.7 Å². The first kappa shape index (κ1) is 23.4. The third-order valence-electron chi connectivity index (χ3n) is 5.71. The average molecular weight is 461 g/mol. The van der Waals surface area contributed by atoms with E-state index >= 15 is 0 Å². The molecule has 1 saturated heterocycles. The molecule has 0 bridgehead atoms. The van der Waals surface area contributed by atoms with Crippen molar-refractivity contribution in [3.05, 3.63) is 75.7 Å². The number of nitrogens with one attached hydrogen (secondary N) is 1. The van der Waals surface area contributed by atoms with E-state index in [4.69, 9.17) is 11.6 Å². The molecule has 0 aromatic heterocycles. The normalized spacial score (nSPS) is 15.7. The van der Waals surface area contributed by atoms with Crippen molar-refractivity contribution in [1.82, 2.24) is 9.62 Å². The van der Waals surface area contributed by atoms with Crippen molar-refractivity contribution < 1.29 is 13.2 Å². The van der Waals surface area contributed by atoms with Crippen LogP contribution in [0.5, 0.6) is 0 Å². The third-order valence-corrected chi connectivity index (χ3v) is 7.37. The zero-order valence-electron chi connectivity index (χ0n) is 17.8. The van der Waals surface area contributed by atoms with Gasteiger partial charge in [-0.3, -0.25) is 0 Å². The van der Waals surface area contributed by atoms with Crippen LogP contribution in [-0.4, -0.2) is 32.4 Å². The number of piperidine rings is 1. The molecule has 0 radical (unpaired) electrons. The van der Waals surface area contributed by atoms with Gasteiger partial charge in [-0.2, -0.15) is 0 Å². The number of carbonyl (C=O) groups excluding carboxylic acids is 1. The molecule has 0 spiro atoms. The average Bonchev–Trinajstić information content (AvgIpc) is 2.76. The number of hydrogen-bond donors (Lipinski definition) is 1. The molecule has 2 aromatic carbocycles. The fraction of sp³-hybridized carbons (Fsp3) is 0.375. The Morgan fingerprint density at radius 3 is 2.39 bits per heavy atom. The summed E-state index contributed by atoms with van der Waals surface area (Å²) in [5, 5.41) is 0.578. The lowest BCUT2D eigenvalue weighted by molar-refractivity contribution is 0.172. The Bertz CT molecular complexity index is 997. The second-order valence-electron chi connectivity index (χ2n) is 8.03. The predicted octanol–water partition coefficient (Wildman–Crippen LogP) is 5.48. The number of rotatable bonds is 7. The van der Waals surface area contributed by atoms with Gasteiger partial charge in [0.05, 0.1) is 4.91 Å². The van der Waals surface area contributed by atoms with E-state index in [1.165, 1.54) is 18.6 Å². The van der Waals surface area contributed by atoms with E-state index in [1.54, 1.807) is 29.2 Å². The fourth-order valence-corrected chi connectivity index (χ4v) is 4.73. The van der Waals surface area contributed by atoms with Gasteiger partial charge in [-0.05, 0) is 74.3 Å². The lowest BCUT2D eigenvalue weighted by Crippen LogP contribution is -2.46. The predicted molar refractivity (Wildman–Crippen MR) is 126 cm³/mol. The topological polar surface area (TPSA) is 66.5 Å². The van der Waals surface area contributed by atoms with Crippen molar-refractivity contribution in [2.75, 3.05) is 13.1 Å². The molecule has 7 heteroatoms. The number of likely N-dealkylation sites (tertiary alicyclic amines) is 1. The fourth-order valence-electron chi connectivity index (χ4n) is 3.80. The van der Waals surface area contributed by atoms with Crippen molar-refractivity contribution in [3.63, 3.8) is 0 Å². The monoisotopic (exact) mass is 460 g/mol. The highest BCUT2D eigenvalue weighted by atomic mass is 35.5. The number of aryl methyl sites for hydroxylation is 1. The lowest BCUT2D eigenvalue weighted by atomic mass is 9.91. The molecule has 31 heavy (non-hydrogen) atoms. The van der Waals surface area contributed by atoms with E-state index in [1.807, 2.05) is 6.07 Å². The second kappa shape index (κ2) is 10.8. The van der Waals surface area contributed by atoms with E-state index in [0.717, 1.165) is 32.1 Å². The molecule has 1 N–H and O–H groups in total. The minimum atomic E-state index is -3.89. The van der Waals surface area contributed by atoms with Crippen LogP contribution in [0.15, 0.2) is 59.5 Å². The van der Waals surface area contributed by atoms with Crippen molar-refractivity contribution in [2.45, 2.75) is 39.0 Å². The number of benzene rings is 2. The van der Waals surface area contributed by atoms with Gasteiger partial charge in [0.2, 0.25) is 0 Å². The molecule has 0 unspecified atom stereocenters. The minimum Gasteiger partial charge on any atom is -0.324 e. The molecule has 2 aromatic rings. The summed E-state index contributed by atoms with van der Waals surface area (Å²) in [4.78, 5) is 14.2. The first-order valence-corrected chi connectivity index (χ1v) is 12.5. The van der Waals surface area contributed by atoms with Crippen LogP contribution in [0.2, 0.25) is 5.02 Å². The van der Waals surface area contributed by atoms with E-state index in [2.05, 4.69) is 29.0 Å². The smallest absolute Gasteiger partial charge is 0.324 e. The van der Waals surface area contributed by atoms with Gasteiger partial charge < -0.3 is 4.90 Å². The van der Waals surface area contributed by atoms with Gasteiger partial charge in [0.1, 0.15) is 0 Å². The van der Waals surface area contributed by atoms with Crippen LogP contribution >= 0.6 is 11.6 Å². The SMILES string of the molecule is C/C(=C\c1ccc(Cl)cc1)S(=O)(=O)NC(=O)N1CCC(CCCc2ccccc2)CC1. The van der Waals surface area contributed by atoms with Crippen molar-refractivity contribution in [3.8, 4) is 0 Å². The van der Waals surface area contributed by atoms with Crippen molar-refractivity contribution >= 4 is 33.7 Å². The Morgan fingerprint density at radius 1 is 1.10 bits per heavy atom. The summed E-state index contributed by atoms with van der Waals surface area (Å²) >= 11 is 5.86. The van der Waals surface area contributed by atoms with E-state index in [0.29, 0.717) is 29.6 Å². The van der Waals surface area contributed by atoms with Gasteiger partial charge in [0.25, 0.3) is 10.0 Å². The van der Waals surface area contributed by atoms with E-state index < -0.39 is 16.1 Å². The van der Waals surface area contributed by atoms with Gasteiger partial charge in [0.15, 0.2) is 0 Å². The van der Waals surface area contributed by atoms with Crippen LogP contribution < -0.4 is 4.72 Å². The third kappa shape index (κ3) is 7.11. The highest BCUT2D eigenvalue weighted by Crippen LogP contribution is 2.23. The summed E-state index contributed by atoms with van der Waals surface area (Å²) in [5.41, 5.74) is 2.06. The van der Waals surface area contributed by atoms with Crippen LogP contribution in [0.3, 0.4) is 0 Å². The molecule has 5 nitrogen and oxygen atoms in total. The number of halogens is 1. The Morgan fingerprint density at radius 2 is 1.74 bits per heavy atom. The number of hydrogen-bond acceptors (Lipinski definition) is 3. The first-order valence-electron chi connectivity index (χ1n) is 10.6.